The zero-order valence-corrected chi connectivity index (χ0v) is 31.1. The quantitative estimate of drug-likeness (QED) is 0.0907. The van der Waals surface area contributed by atoms with Gasteiger partial charge in [-0.3, -0.25) is 24.1 Å². The number of imide groups is 2. The maximum atomic E-state index is 14.5. The van der Waals surface area contributed by atoms with Crippen LogP contribution >= 0.6 is 34.8 Å². The smallest absolute Gasteiger partial charge is 0.258 e. The molecule has 54 heavy (non-hydrogen) atoms. The van der Waals surface area contributed by atoms with Crippen molar-refractivity contribution in [2.24, 2.45) is 28.0 Å². The van der Waals surface area contributed by atoms with Crippen molar-refractivity contribution in [2.45, 2.75) is 28.5 Å². The molecule has 0 spiro atoms. The number of azo groups is 1. The summed E-state index contributed by atoms with van der Waals surface area (Å²) in [6.45, 7) is 0. The molecule has 2 aliphatic carbocycles. The number of halogens is 4. The Labute approximate surface area is 324 Å². The molecule has 2 saturated heterocycles. The molecule has 4 aromatic carbocycles. The SMILES string of the molecule is CN(C)c1ccc(N=Nc2ccc(N3C(=O)C4CC=C5C(CC6(Cl)C(=O)N(c7ccc(F)cc7)C(=O)C6(Cl)C5c5cc(Cl)ccc5O)C4C3=O)cc2)cc1. The van der Waals surface area contributed by atoms with E-state index in [4.69, 9.17) is 34.8 Å². The molecular weight excluding hydrogens is 756 g/mol. The van der Waals surface area contributed by atoms with Crippen molar-refractivity contribution in [1.29, 1.82) is 0 Å². The number of nitrogens with zero attached hydrogens (tertiary/aromatic N) is 5. The summed E-state index contributed by atoms with van der Waals surface area (Å²) >= 11 is 21.2. The van der Waals surface area contributed by atoms with Gasteiger partial charge < -0.3 is 10.0 Å². The molecule has 274 valence electrons. The molecule has 1 N–H and O–H groups in total. The first-order valence-electron chi connectivity index (χ1n) is 17.1. The van der Waals surface area contributed by atoms with Gasteiger partial charge >= 0.3 is 0 Å². The minimum atomic E-state index is -2.21. The van der Waals surface area contributed by atoms with E-state index >= 15 is 0 Å². The Morgan fingerprint density at radius 1 is 0.778 bits per heavy atom. The van der Waals surface area contributed by atoms with Gasteiger partial charge in [0.05, 0.1) is 34.6 Å². The maximum absolute atomic E-state index is 14.5. The van der Waals surface area contributed by atoms with Crippen LogP contribution in [0.15, 0.2) is 113 Å². The van der Waals surface area contributed by atoms with Gasteiger partial charge in [-0.25, -0.2) is 9.29 Å². The van der Waals surface area contributed by atoms with E-state index in [2.05, 4.69) is 10.2 Å². The number of allylic oxidation sites excluding steroid dienone is 2. The summed E-state index contributed by atoms with van der Waals surface area (Å²) in [6.07, 6.45) is 1.62. The number of aromatic hydroxyl groups is 1. The molecule has 8 rings (SSSR count). The van der Waals surface area contributed by atoms with Gasteiger partial charge in [0.2, 0.25) is 11.8 Å². The minimum absolute atomic E-state index is 0.0493. The van der Waals surface area contributed by atoms with Crippen molar-refractivity contribution < 1.29 is 28.7 Å². The first kappa shape index (κ1) is 35.9. The van der Waals surface area contributed by atoms with Crippen molar-refractivity contribution in [2.75, 3.05) is 28.8 Å². The van der Waals surface area contributed by atoms with Gasteiger partial charge in [0.25, 0.3) is 11.8 Å². The van der Waals surface area contributed by atoms with Crippen LogP contribution in [0.5, 0.6) is 5.75 Å². The van der Waals surface area contributed by atoms with E-state index in [0.717, 1.165) is 27.6 Å². The molecule has 14 heteroatoms. The Kier molecular flexibility index (Phi) is 8.67. The van der Waals surface area contributed by atoms with Crippen LogP contribution in [0.4, 0.5) is 32.8 Å². The van der Waals surface area contributed by atoms with Gasteiger partial charge in [0.15, 0.2) is 9.75 Å². The third-order valence-corrected chi connectivity index (χ3v) is 12.6. The number of rotatable bonds is 6. The normalized spacial score (nSPS) is 27.6. The number of carbonyl (C=O) groups excluding carboxylic acids is 4. The van der Waals surface area contributed by atoms with Gasteiger partial charge in [0.1, 0.15) is 11.6 Å². The van der Waals surface area contributed by atoms with Crippen LogP contribution in [0.2, 0.25) is 5.02 Å². The lowest BCUT2D eigenvalue weighted by Crippen LogP contribution is -2.60. The van der Waals surface area contributed by atoms with E-state index in [1.54, 1.807) is 30.3 Å². The van der Waals surface area contributed by atoms with E-state index in [-0.39, 0.29) is 34.9 Å². The van der Waals surface area contributed by atoms with Crippen molar-refractivity contribution in [3.05, 3.63) is 119 Å². The van der Waals surface area contributed by atoms with Crippen LogP contribution in [-0.2, 0) is 19.2 Å². The fourth-order valence-electron chi connectivity index (χ4n) is 8.36. The highest BCUT2D eigenvalue weighted by atomic mass is 35.5. The summed E-state index contributed by atoms with van der Waals surface area (Å²) in [5, 5.41) is 20.0. The molecule has 3 fully saturated rings. The monoisotopic (exact) mass is 785 g/mol. The highest BCUT2D eigenvalue weighted by molar-refractivity contribution is 6.58. The standard InChI is InChI=1S/C40H31Cl3FN5O5/c1-47(2)25-12-6-23(7-13-25)45-46-24-8-14-26(15-9-24)48-35(51)29-17-16-28-31(33(29)36(48)52)20-39(42)37(53)49(27-10-4-22(44)5-11-27)38(54)40(39,43)34(28)30-19-21(41)3-18-32(30)50/h3-16,18-19,29,31,33-34,50H,17,20H2,1-2H3. The second-order valence-corrected chi connectivity index (χ2v) is 15.8. The number of carbonyl (C=O) groups is 4. The summed E-state index contributed by atoms with van der Waals surface area (Å²) in [5.41, 5.74) is 3.17. The number of alkyl halides is 2. The molecule has 0 radical (unpaired) electrons. The molecule has 0 bridgehead atoms. The third-order valence-electron chi connectivity index (χ3n) is 11.0. The summed E-state index contributed by atoms with van der Waals surface area (Å²) in [5.74, 6) is -7.35. The first-order valence-corrected chi connectivity index (χ1v) is 18.3. The Balaban J connectivity index is 1.15. The van der Waals surface area contributed by atoms with Gasteiger partial charge in [-0.05, 0) is 110 Å². The number of fused-ring (bicyclic) bond motifs is 4. The van der Waals surface area contributed by atoms with E-state index < -0.39 is 62.9 Å². The molecule has 4 amide bonds. The molecule has 2 aliphatic heterocycles. The number of hydrogen-bond donors (Lipinski definition) is 1. The van der Waals surface area contributed by atoms with Gasteiger partial charge in [-0.2, -0.15) is 10.2 Å². The highest BCUT2D eigenvalue weighted by Gasteiger charge is 2.77. The largest absolute Gasteiger partial charge is 0.508 e. The predicted molar refractivity (Wildman–Crippen MR) is 204 cm³/mol. The molecule has 4 aromatic rings. The van der Waals surface area contributed by atoms with E-state index in [9.17, 15) is 28.7 Å². The first-order chi connectivity index (χ1) is 25.7. The fourth-order valence-corrected chi connectivity index (χ4v) is 9.46. The molecule has 6 unspecified atom stereocenters. The molecule has 10 nitrogen and oxygen atoms in total. The summed E-state index contributed by atoms with van der Waals surface area (Å²) in [4.78, 5) is 57.0. The second-order valence-electron chi connectivity index (χ2n) is 14.1. The van der Waals surface area contributed by atoms with Crippen LogP contribution in [-0.4, -0.2) is 52.6 Å². The van der Waals surface area contributed by atoms with Crippen LogP contribution in [0.3, 0.4) is 0 Å². The number of amides is 4. The van der Waals surface area contributed by atoms with E-state index in [1.165, 1.54) is 30.3 Å². The van der Waals surface area contributed by atoms with Crippen LogP contribution in [0, 0.1) is 23.6 Å². The molecular formula is C40H31Cl3FN5O5. The fraction of sp³-hybridized carbons (Fsp3) is 0.250. The molecule has 2 heterocycles. The van der Waals surface area contributed by atoms with E-state index in [0.29, 0.717) is 22.6 Å². The van der Waals surface area contributed by atoms with E-state index in [1.807, 2.05) is 43.3 Å². The zero-order chi connectivity index (χ0) is 38.3. The Morgan fingerprint density at radius 2 is 1.37 bits per heavy atom. The number of anilines is 3. The van der Waals surface area contributed by atoms with Crippen LogP contribution in [0.1, 0.15) is 24.3 Å². The second kappa shape index (κ2) is 13.0. The summed E-state index contributed by atoms with van der Waals surface area (Å²) in [6, 6.07) is 23.1. The topological polar surface area (TPSA) is 123 Å². The number of hydrogen-bond acceptors (Lipinski definition) is 8. The lowest BCUT2D eigenvalue weighted by atomic mass is 9.56. The van der Waals surface area contributed by atoms with Crippen LogP contribution in [0.25, 0.3) is 0 Å². The number of phenolic OH excluding ortho intramolecular Hbond substituents is 1. The van der Waals surface area contributed by atoms with Crippen molar-refractivity contribution in [1.82, 2.24) is 0 Å². The maximum Gasteiger partial charge on any atom is 0.258 e. The zero-order valence-electron chi connectivity index (χ0n) is 28.8. The number of benzene rings is 4. The van der Waals surface area contributed by atoms with Crippen LogP contribution < -0.4 is 14.7 Å². The molecule has 0 aromatic heterocycles. The highest BCUT2D eigenvalue weighted by Crippen LogP contribution is 2.66. The predicted octanol–water partition coefficient (Wildman–Crippen LogP) is 8.43. The summed E-state index contributed by atoms with van der Waals surface area (Å²) < 4.78 is 13.9. The Bertz CT molecular complexity index is 2300. The molecule has 6 atom stereocenters. The molecule has 4 aliphatic rings. The van der Waals surface area contributed by atoms with Gasteiger partial charge in [0, 0.05) is 36.3 Å². The molecule has 1 saturated carbocycles. The lowest BCUT2D eigenvalue weighted by Gasteiger charge is -2.50. The van der Waals surface area contributed by atoms with Crippen molar-refractivity contribution >= 4 is 86.9 Å². The Morgan fingerprint density at radius 3 is 2.00 bits per heavy atom. The minimum Gasteiger partial charge on any atom is -0.508 e. The third kappa shape index (κ3) is 5.35. The number of phenols is 1. The van der Waals surface area contributed by atoms with Crippen molar-refractivity contribution in [3.8, 4) is 5.75 Å². The van der Waals surface area contributed by atoms with Crippen molar-refractivity contribution in [3.63, 3.8) is 0 Å². The average molecular weight is 787 g/mol. The Hall–Kier alpha value is -5.10. The summed E-state index contributed by atoms with van der Waals surface area (Å²) in [7, 11) is 3.89. The van der Waals surface area contributed by atoms with Gasteiger partial charge in [-0.1, -0.05) is 23.3 Å². The van der Waals surface area contributed by atoms with Gasteiger partial charge in [-0.15, -0.1) is 23.2 Å². The lowest BCUT2D eigenvalue weighted by molar-refractivity contribution is -0.125. The average Bonchev–Trinajstić information content (AvgIpc) is 3.50.